The molecule has 0 aliphatic heterocycles. The number of ketones is 1. The Morgan fingerprint density at radius 3 is 2.07 bits per heavy atom. The molecule has 1 N–H and O–H groups in total. The van der Waals surface area contributed by atoms with Crippen LogP contribution >= 0.6 is 0 Å². The first kappa shape index (κ1) is 17.8. The van der Waals surface area contributed by atoms with Crippen molar-refractivity contribution in [1.29, 1.82) is 0 Å². The molecule has 0 spiro atoms. The maximum absolute atomic E-state index is 12.6. The molecule has 0 saturated carbocycles. The molecule has 138 valence electrons. The van der Waals surface area contributed by atoms with Crippen molar-refractivity contribution in [3.05, 3.63) is 120 Å². The number of carbonyl (C=O) groups is 1. The van der Waals surface area contributed by atoms with E-state index in [0.717, 1.165) is 24.2 Å². The van der Waals surface area contributed by atoms with Crippen molar-refractivity contribution < 1.29 is 4.79 Å². The van der Waals surface area contributed by atoms with E-state index in [2.05, 4.69) is 40.8 Å². The van der Waals surface area contributed by atoms with Gasteiger partial charge in [0.25, 0.3) is 0 Å². The van der Waals surface area contributed by atoms with Gasteiger partial charge in [-0.25, -0.2) is 0 Å². The number of benzene rings is 3. The molecule has 0 saturated heterocycles. The number of para-hydroxylation sites is 1. The van der Waals surface area contributed by atoms with E-state index in [1.54, 1.807) is 0 Å². The number of carbonyl (C=O) groups excluding carboxylic acids is 1. The van der Waals surface area contributed by atoms with Gasteiger partial charge in [-0.1, -0.05) is 60.7 Å². The van der Waals surface area contributed by atoms with Gasteiger partial charge in [0, 0.05) is 16.8 Å². The van der Waals surface area contributed by atoms with Gasteiger partial charge in [-0.2, -0.15) is 0 Å². The van der Waals surface area contributed by atoms with Crippen molar-refractivity contribution in [1.82, 2.24) is 0 Å². The first-order valence-corrected chi connectivity index (χ1v) is 9.48. The molecule has 4 rings (SSSR count). The minimum atomic E-state index is 0.0344. The van der Waals surface area contributed by atoms with Crippen LogP contribution in [0, 0.1) is 0 Å². The van der Waals surface area contributed by atoms with E-state index in [-0.39, 0.29) is 5.78 Å². The van der Waals surface area contributed by atoms with Gasteiger partial charge in [0.15, 0.2) is 5.78 Å². The lowest BCUT2D eigenvalue weighted by Gasteiger charge is -2.29. The van der Waals surface area contributed by atoms with E-state index >= 15 is 0 Å². The van der Waals surface area contributed by atoms with Crippen molar-refractivity contribution >= 4 is 17.2 Å². The topological polar surface area (TPSA) is 32.3 Å². The molecule has 3 heteroatoms. The molecule has 3 aromatic carbocycles. The number of allylic oxidation sites excluding steroid dienone is 4. The molecule has 0 amide bonds. The van der Waals surface area contributed by atoms with Gasteiger partial charge in [-0.05, 0) is 55.3 Å². The predicted octanol–water partition coefficient (Wildman–Crippen LogP) is 5.99. The molecule has 3 aromatic rings. The lowest BCUT2D eigenvalue weighted by molar-refractivity contribution is 0.103. The van der Waals surface area contributed by atoms with Gasteiger partial charge < -0.3 is 0 Å². The summed E-state index contributed by atoms with van der Waals surface area (Å²) in [5, 5.41) is 2.11. The zero-order valence-electron chi connectivity index (χ0n) is 15.6. The number of nitrogens with one attached hydrogen (secondary N) is 1. The van der Waals surface area contributed by atoms with Gasteiger partial charge in [-0.3, -0.25) is 15.2 Å². The van der Waals surface area contributed by atoms with E-state index in [9.17, 15) is 4.79 Å². The Morgan fingerprint density at radius 2 is 1.43 bits per heavy atom. The van der Waals surface area contributed by atoms with Crippen LogP contribution < -0.4 is 10.4 Å². The summed E-state index contributed by atoms with van der Waals surface area (Å²) in [5.74, 6) is 0.0344. The first-order valence-electron chi connectivity index (χ1n) is 9.48. The van der Waals surface area contributed by atoms with Gasteiger partial charge >= 0.3 is 0 Å². The highest BCUT2D eigenvalue weighted by atomic mass is 16.1. The van der Waals surface area contributed by atoms with Crippen LogP contribution in [0.3, 0.4) is 0 Å². The maximum atomic E-state index is 12.6. The lowest BCUT2D eigenvalue weighted by atomic mass is 10.0. The molecule has 0 heterocycles. The molecule has 0 unspecified atom stereocenters. The highest BCUT2D eigenvalue weighted by molar-refractivity contribution is 6.09. The summed E-state index contributed by atoms with van der Waals surface area (Å²) in [6, 6.07) is 27.2. The minimum Gasteiger partial charge on any atom is -0.294 e. The van der Waals surface area contributed by atoms with E-state index in [4.69, 9.17) is 0 Å². The van der Waals surface area contributed by atoms with Crippen LogP contribution in [-0.4, -0.2) is 5.78 Å². The minimum absolute atomic E-state index is 0.0344. The smallest absolute Gasteiger partial charge is 0.193 e. The quantitative estimate of drug-likeness (QED) is 0.430. The standard InChI is InChI=1S/C25H22N2O/c28-25(20-10-4-1-5-11-20)21-16-18-22(19-17-21)26-27(23-12-6-2-7-13-23)24-14-8-3-9-15-24/h1-8,10-14,16-19,26H,9,15H2. The van der Waals surface area contributed by atoms with Gasteiger partial charge in [0.2, 0.25) is 0 Å². The van der Waals surface area contributed by atoms with Gasteiger partial charge in [0.05, 0.1) is 11.4 Å². The highest BCUT2D eigenvalue weighted by Crippen LogP contribution is 2.25. The maximum Gasteiger partial charge on any atom is 0.193 e. The molecule has 0 bridgehead atoms. The SMILES string of the molecule is O=C(c1ccccc1)c1ccc(NN(C2=CC=CCC2)c2ccccc2)cc1. The van der Waals surface area contributed by atoms with Crippen LogP contribution in [0.4, 0.5) is 11.4 Å². The third-order valence-corrected chi connectivity index (χ3v) is 4.72. The van der Waals surface area contributed by atoms with Crippen LogP contribution in [0.2, 0.25) is 0 Å². The number of anilines is 2. The van der Waals surface area contributed by atoms with E-state index in [1.807, 2.05) is 72.8 Å². The third-order valence-electron chi connectivity index (χ3n) is 4.72. The van der Waals surface area contributed by atoms with Crippen LogP contribution in [0.25, 0.3) is 0 Å². The molecular weight excluding hydrogens is 344 g/mol. The first-order chi connectivity index (χ1) is 13.8. The van der Waals surface area contributed by atoms with Crippen LogP contribution in [0.1, 0.15) is 28.8 Å². The molecule has 0 radical (unpaired) electrons. The molecular formula is C25H22N2O. The Balaban J connectivity index is 1.56. The Bertz CT molecular complexity index is 990. The average Bonchev–Trinajstić information content (AvgIpc) is 2.79. The summed E-state index contributed by atoms with van der Waals surface area (Å²) < 4.78 is 0. The normalized spacial score (nSPS) is 12.9. The highest BCUT2D eigenvalue weighted by Gasteiger charge is 2.14. The van der Waals surface area contributed by atoms with Crippen molar-refractivity contribution in [3.8, 4) is 0 Å². The Morgan fingerprint density at radius 1 is 0.786 bits per heavy atom. The fraction of sp³-hybridized carbons (Fsp3) is 0.0800. The second-order valence-electron chi connectivity index (χ2n) is 6.68. The van der Waals surface area contributed by atoms with E-state index in [0.29, 0.717) is 11.1 Å². The summed E-state index contributed by atoms with van der Waals surface area (Å²) in [6.45, 7) is 0. The average molecular weight is 366 g/mol. The van der Waals surface area contributed by atoms with Crippen LogP contribution in [-0.2, 0) is 0 Å². The summed E-state index contributed by atoms with van der Waals surface area (Å²) >= 11 is 0. The fourth-order valence-electron chi connectivity index (χ4n) is 3.24. The van der Waals surface area contributed by atoms with Crippen molar-refractivity contribution in [2.75, 3.05) is 10.4 Å². The molecule has 0 fully saturated rings. The Hall–Kier alpha value is -3.59. The predicted molar refractivity (Wildman–Crippen MR) is 115 cm³/mol. The molecule has 1 aliphatic rings. The van der Waals surface area contributed by atoms with Crippen molar-refractivity contribution in [2.24, 2.45) is 0 Å². The Kier molecular flexibility index (Phi) is 5.34. The van der Waals surface area contributed by atoms with Crippen molar-refractivity contribution in [2.45, 2.75) is 12.8 Å². The molecule has 1 aliphatic carbocycles. The van der Waals surface area contributed by atoms with E-state index in [1.165, 1.54) is 5.70 Å². The summed E-state index contributed by atoms with van der Waals surface area (Å²) in [4.78, 5) is 12.6. The largest absolute Gasteiger partial charge is 0.294 e. The second-order valence-corrected chi connectivity index (χ2v) is 6.68. The van der Waals surface area contributed by atoms with Crippen molar-refractivity contribution in [3.63, 3.8) is 0 Å². The van der Waals surface area contributed by atoms with Gasteiger partial charge in [0.1, 0.15) is 0 Å². The summed E-state index contributed by atoms with van der Waals surface area (Å²) in [7, 11) is 0. The molecule has 0 atom stereocenters. The van der Waals surface area contributed by atoms with E-state index < -0.39 is 0 Å². The van der Waals surface area contributed by atoms with Crippen LogP contribution in [0.5, 0.6) is 0 Å². The lowest BCUT2D eigenvalue weighted by Crippen LogP contribution is -2.29. The second kappa shape index (κ2) is 8.40. The zero-order valence-corrected chi connectivity index (χ0v) is 15.6. The number of hydrogen-bond acceptors (Lipinski definition) is 3. The number of hydrogen-bond donors (Lipinski definition) is 1. The molecule has 3 nitrogen and oxygen atoms in total. The number of nitrogens with zero attached hydrogens (tertiary/aromatic N) is 1. The summed E-state index contributed by atoms with van der Waals surface area (Å²) in [5.41, 5.74) is 8.09. The summed E-state index contributed by atoms with van der Waals surface area (Å²) in [6.07, 6.45) is 8.41. The number of rotatable bonds is 6. The molecule has 0 aromatic heterocycles. The number of hydrazine groups is 1. The molecule has 28 heavy (non-hydrogen) atoms. The monoisotopic (exact) mass is 366 g/mol. The fourth-order valence-corrected chi connectivity index (χ4v) is 3.24. The van der Waals surface area contributed by atoms with Crippen LogP contribution in [0.15, 0.2) is 109 Å². The third kappa shape index (κ3) is 4.04. The Labute approximate surface area is 165 Å². The zero-order chi connectivity index (χ0) is 19.2. The van der Waals surface area contributed by atoms with Gasteiger partial charge in [-0.15, -0.1) is 0 Å².